The Morgan fingerprint density at radius 1 is 1.29 bits per heavy atom. The number of rotatable bonds is 4. The third kappa shape index (κ3) is 3.05. The lowest BCUT2D eigenvalue weighted by Gasteiger charge is -2.10. The highest BCUT2D eigenvalue weighted by molar-refractivity contribution is 5.26. The van der Waals surface area contributed by atoms with E-state index in [4.69, 9.17) is 4.74 Å². The molecule has 0 amide bonds. The van der Waals surface area contributed by atoms with Gasteiger partial charge in [-0.05, 0) is 17.7 Å². The van der Waals surface area contributed by atoms with E-state index >= 15 is 0 Å². The van der Waals surface area contributed by atoms with Crippen molar-refractivity contribution >= 4 is 0 Å². The first-order valence-corrected chi connectivity index (χ1v) is 4.40. The van der Waals surface area contributed by atoms with E-state index in [-0.39, 0.29) is 0 Å². The smallest absolute Gasteiger partial charge is 0.118 e. The average Bonchev–Trinajstić information content (AvgIpc) is 2.19. The van der Waals surface area contributed by atoms with E-state index in [9.17, 15) is 0 Å². The number of nitrogens with zero attached hydrogens (tertiary/aromatic N) is 3. The van der Waals surface area contributed by atoms with Crippen LogP contribution in [0.25, 0.3) is 0 Å². The molecule has 0 aliphatic rings. The summed E-state index contributed by atoms with van der Waals surface area (Å²) in [5.74, 6) is 0.869. The van der Waals surface area contributed by atoms with Crippen molar-refractivity contribution in [1.29, 1.82) is 0 Å². The van der Waals surface area contributed by atoms with Crippen molar-refractivity contribution in [3.05, 3.63) is 29.8 Å². The van der Waals surface area contributed by atoms with Crippen molar-refractivity contribution in [2.45, 2.75) is 6.54 Å². The average molecular weight is 193 g/mol. The van der Waals surface area contributed by atoms with Gasteiger partial charge in [-0.2, -0.15) is 5.11 Å². The molecule has 0 aliphatic carbocycles. The van der Waals surface area contributed by atoms with Gasteiger partial charge in [0.05, 0.1) is 20.7 Å². The van der Waals surface area contributed by atoms with Crippen LogP contribution in [0.1, 0.15) is 5.56 Å². The van der Waals surface area contributed by atoms with Crippen molar-refractivity contribution in [2.24, 2.45) is 10.3 Å². The number of ether oxygens (including phenoxy) is 1. The summed E-state index contributed by atoms with van der Waals surface area (Å²) in [6.07, 6.45) is 0. The van der Waals surface area contributed by atoms with E-state index in [1.807, 2.05) is 31.3 Å². The van der Waals surface area contributed by atoms with Crippen molar-refractivity contribution in [1.82, 2.24) is 5.01 Å². The molecule has 4 heteroatoms. The van der Waals surface area contributed by atoms with E-state index in [0.29, 0.717) is 0 Å². The molecule has 0 saturated carbocycles. The highest BCUT2D eigenvalue weighted by Crippen LogP contribution is 2.12. The van der Waals surface area contributed by atoms with E-state index in [1.165, 1.54) is 5.56 Å². The van der Waals surface area contributed by atoms with Crippen LogP contribution in [0.5, 0.6) is 5.75 Å². The van der Waals surface area contributed by atoms with Crippen LogP contribution in [0, 0.1) is 0 Å². The summed E-state index contributed by atoms with van der Waals surface area (Å²) >= 11 is 0. The number of methoxy groups -OCH3 is 1. The summed E-state index contributed by atoms with van der Waals surface area (Å²) in [4.78, 5) is 0. The zero-order valence-electron chi connectivity index (χ0n) is 8.77. The highest BCUT2D eigenvalue weighted by Gasteiger charge is 1.97. The van der Waals surface area contributed by atoms with Crippen LogP contribution in [0.4, 0.5) is 0 Å². The molecule has 4 nitrogen and oxygen atoms in total. The summed E-state index contributed by atoms with van der Waals surface area (Å²) in [5.41, 5.74) is 1.18. The minimum atomic E-state index is 0.751. The van der Waals surface area contributed by atoms with Gasteiger partial charge < -0.3 is 4.74 Å². The SMILES string of the molecule is CN=NN(C)Cc1ccc(OC)cc1. The first-order chi connectivity index (χ1) is 6.76. The Morgan fingerprint density at radius 2 is 1.93 bits per heavy atom. The lowest BCUT2D eigenvalue weighted by atomic mass is 10.2. The van der Waals surface area contributed by atoms with Crippen LogP contribution in [-0.4, -0.2) is 26.2 Å². The topological polar surface area (TPSA) is 37.2 Å². The molecule has 76 valence electrons. The molecule has 0 bridgehead atoms. The van der Waals surface area contributed by atoms with E-state index < -0.39 is 0 Å². The maximum Gasteiger partial charge on any atom is 0.118 e. The monoisotopic (exact) mass is 193 g/mol. The molecule has 0 fully saturated rings. The fraction of sp³-hybridized carbons (Fsp3) is 0.400. The Bertz CT molecular complexity index is 295. The first kappa shape index (κ1) is 10.5. The van der Waals surface area contributed by atoms with Gasteiger partial charge in [0.1, 0.15) is 5.75 Å². The van der Waals surface area contributed by atoms with Gasteiger partial charge in [-0.15, -0.1) is 0 Å². The third-order valence-electron chi connectivity index (χ3n) is 1.81. The largest absolute Gasteiger partial charge is 0.497 e. The highest BCUT2D eigenvalue weighted by atomic mass is 16.5. The standard InChI is InChI=1S/C10H15N3O/c1-11-12-13(2)8-9-4-6-10(14-3)7-5-9/h4-7H,8H2,1-3H3. The fourth-order valence-electron chi connectivity index (χ4n) is 1.18. The molecular formula is C10H15N3O. The van der Waals surface area contributed by atoms with E-state index in [1.54, 1.807) is 19.2 Å². The molecule has 1 aromatic carbocycles. The Balaban J connectivity index is 2.59. The van der Waals surface area contributed by atoms with E-state index in [2.05, 4.69) is 10.3 Å². The fourth-order valence-corrected chi connectivity index (χ4v) is 1.18. The minimum absolute atomic E-state index is 0.751. The maximum absolute atomic E-state index is 5.07. The second-order valence-electron chi connectivity index (χ2n) is 2.95. The molecule has 0 N–H and O–H groups in total. The van der Waals surface area contributed by atoms with Crippen molar-refractivity contribution in [3.63, 3.8) is 0 Å². The van der Waals surface area contributed by atoms with Crippen molar-refractivity contribution in [2.75, 3.05) is 21.2 Å². The van der Waals surface area contributed by atoms with Crippen LogP contribution in [0.3, 0.4) is 0 Å². The second-order valence-corrected chi connectivity index (χ2v) is 2.95. The summed E-state index contributed by atoms with van der Waals surface area (Å²) in [7, 11) is 5.20. The predicted octanol–water partition coefficient (Wildman–Crippen LogP) is 2.12. The Hall–Kier alpha value is -1.58. The molecule has 0 atom stereocenters. The zero-order chi connectivity index (χ0) is 10.4. The number of hydrogen-bond donors (Lipinski definition) is 0. The molecule has 0 heterocycles. The quantitative estimate of drug-likeness (QED) is 0.542. The zero-order valence-corrected chi connectivity index (χ0v) is 8.77. The lowest BCUT2D eigenvalue weighted by molar-refractivity contribution is 0.321. The van der Waals surface area contributed by atoms with Gasteiger partial charge in [0.25, 0.3) is 0 Å². The van der Waals surface area contributed by atoms with Crippen LogP contribution < -0.4 is 4.74 Å². The summed E-state index contributed by atoms with van der Waals surface area (Å²) in [5, 5.41) is 9.36. The Labute approximate surface area is 84.2 Å². The van der Waals surface area contributed by atoms with Gasteiger partial charge in [-0.25, -0.2) is 0 Å². The molecule has 0 spiro atoms. The van der Waals surface area contributed by atoms with Crippen LogP contribution in [-0.2, 0) is 6.54 Å². The summed E-state index contributed by atoms with van der Waals surface area (Å²) in [6, 6.07) is 7.90. The molecule has 0 aliphatic heterocycles. The van der Waals surface area contributed by atoms with Crippen LogP contribution in [0.15, 0.2) is 34.6 Å². The molecule has 0 aromatic heterocycles. The summed E-state index contributed by atoms with van der Waals surface area (Å²) < 4.78 is 5.07. The molecule has 1 rings (SSSR count). The van der Waals surface area contributed by atoms with Gasteiger partial charge in [-0.3, -0.25) is 5.01 Å². The first-order valence-electron chi connectivity index (χ1n) is 4.40. The molecule has 1 aromatic rings. The number of hydrogen-bond acceptors (Lipinski definition) is 3. The molecule has 14 heavy (non-hydrogen) atoms. The van der Waals surface area contributed by atoms with Gasteiger partial charge in [0.15, 0.2) is 0 Å². The lowest BCUT2D eigenvalue weighted by Crippen LogP contribution is -2.09. The molecule has 0 radical (unpaired) electrons. The number of benzene rings is 1. The Morgan fingerprint density at radius 3 is 2.43 bits per heavy atom. The second kappa shape index (κ2) is 5.21. The van der Waals surface area contributed by atoms with Gasteiger partial charge in [0, 0.05) is 7.05 Å². The van der Waals surface area contributed by atoms with Crippen LogP contribution in [0.2, 0.25) is 0 Å². The van der Waals surface area contributed by atoms with Crippen molar-refractivity contribution in [3.8, 4) is 5.75 Å². The van der Waals surface area contributed by atoms with Gasteiger partial charge in [0.2, 0.25) is 0 Å². The van der Waals surface area contributed by atoms with E-state index in [0.717, 1.165) is 12.3 Å². The molecular weight excluding hydrogens is 178 g/mol. The normalized spacial score (nSPS) is 10.5. The third-order valence-corrected chi connectivity index (χ3v) is 1.81. The Kier molecular flexibility index (Phi) is 3.91. The van der Waals surface area contributed by atoms with Gasteiger partial charge >= 0.3 is 0 Å². The molecule has 0 saturated heterocycles. The van der Waals surface area contributed by atoms with Crippen LogP contribution >= 0.6 is 0 Å². The van der Waals surface area contributed by atoms with Gasteiger partial charge in [-0.1, -0.05) is 17.4 Å². The van der Waals surface area contributed by atoms with Crippen molar-refractivity contribution < 1.29 is 4.74 Å². The predicted molar refractivity (Wildman–Crippen MR) is 55.2 cm³/mol. The molecule has 0 unspecified atom stereocenters. The summed E-state index contributed by atoms with van der Waals surface area (Å²) in [6.45, 7) is 0.751. The maximum atomic E-state index is 5.07. The minimum Gasteiger partial charge on any atom is -0.497 e.